The van der Waals surface area contributed by atoms with Gasteiger partial charge in [0.15, 0.2) is 5.41 Å². The maximum absolute atomic E-state index is 10.3. The van der Waals surface area contributed by atoms with Crippen LogP contribution in [0.4, 0.5) is 0 Å². The number of aryl methyl sites for hydroxylation is 2. The molecule has 1 saturated carbocycles. The third-order valence-corrected chi connectivity index (χ3v) is 6.78. The minimum absolute atomic E-state index is 0.294. The smallest absolute Gasteiger partial charge is 0.217 e. The van der Waals surface area contributed by atoms with Crippen LogP contribution in [0.2, 0.25) is 0 Å². The van der Waals surface area contributed by atoms with Gasteiger partial charge in [0.2, 0.25) is 17.1 Å². The van der Waals surface area contributed by atoms with E-state index in [-0.39, 0.29) is 5.90 Å². The molecule has 28 heavy (non-hydrogen) atoms. The molecule has 1 aromatic carbocycles. The minimum Gasteiger partial charge on any atom is -0.447 e. The van der Waals surface area contributed by atoms with Gasteiger partial charge in [-0.1, -0.05) is 36.6 Å². The molecule has 3 fully saturated rings. The SMILES string of the molecule is Cc1ccc(C)c(C2OC34CCCCCC3C(C#N)(C(=N)O4)C2(C#N)C#N)c1. The second kappa shape index (κ2) is 6.06. The number of benzene rings is 1. The van der Waals surface area contributed by atoms with Crippen molar-refractivity contribution in [1.82, 2.24) is 0 Å². The highest BCUT2D eigenvalue weighted by molar-refractivity contribution is 5.89. The van der Waals surface area contributed by atoms with Crippen LogP contribution in [0.5, 0.6) is 0 Å². The lowest BCUT2D eigenvalue weighted by Gasteiger charge is -2.49. The number of ether oxygens (including phenoxy) is 2. The van der Waals surface area contributed by atoms with Gasteiger partial charge in [0.1, 0.15) is 6.10 Å². The highest BCUT2D eigenvalue weighted by Crippen LogP contribution is 2.69. The van der Waals surface area contributed by atoms with Crippen molar-refractivity contribution >= 4 is 5.90 Å². The zero-order chi connectivity index (χ0) is 20.2. The third kappa shape index (κ3) is 2.00. The van der Waals surface area contributed by atoms with Crippen molar-refractivity contribution < 1.29 is 9.47 Å². The molecule has 4 atom stereocenters. The Bertz CT molecular complexity index is 968. The van der Waals surface area contributed by atoms with Gasteiger partial charge in [-0.2, -0.15) is 15.8 Å². The Balaban J connectivity index is 2.04. The van der Waals surface area contributed by atoms with Gasteiger partial charge in [0.25, 0.3) is 0 Å². The number of nitrogens with zero attached hydrogens (tertiary/aromatic N) is 3. The maximum Gasteiger partial charge on any atom is 0.217 e. The van der Waals surface area contributed by atoms with Crippen LogP contribution in [-0.4, -0.2) is 11.7 Å². The van der Waals surface area contributed by atoms with E-state index in [4.69, 9.17) is 14.9 Å². The highest BCUT2D eigenvalue weighted by Gasteiger charge is 2.80. The molecule has 1 N–H and O–H groups in total. The Labute approximate surface area is 164 Å². The molecule has 1 aliphatic carbocycles. The van der Waals surface area contributed by atoms with Crippen molar-refractivity contribution in [2.24, 2.45) is 16.7 Å². The Hall–Kier alpha value is -2.88. The lowest BCUT2D eigenvalue weighted by molar-refractivity contribution is -0.285. The van der Waals surface area contributed by atoms with E-state index in [0.29, 0.717) is 18.4 Å². The molecule has 1 aromatic rings. The van der Waals surface area contributed by atoms with E-state index in [2.05, 4.69) is 18.2 Å². The van der Waals surface area contributed by atoms with E-state index < -0.39 is 28.6 Å². The standard InChI is InChI=1S/C22H22N4O2/c1-14-7-8-15(2)16(10-14)18-20(11-23,12-24)21(13-25)17-6-4-3-5-9-22(17,27-18)28-19(21)26/h7-8,10,17-18,26H,3-6,9H2,1-2H3. The van der Waals surface area contributed by atoms with E-state index in [9.17, 15) is 15.8 Å². The van der Waals surface area contributed by atoms with E-state index in [1.807, 2.05) is 32.0 Å². The average molecular weight is 374 g/mol. The summed E-state index contributed by atoms with van der Waals surface area (Å²) in [6.07, 6.45) is 2.88. The van der Waals surface area contributed by atoms with Crippen molar-refractivity contribution in [3.8, 4) is 18.2 Å². The fourth-order valence-corrected chi connectivity index (χ4v) is 5.36. The Kier molecular flexibility index (Phi) is 4.00. The van der Waals surface area contributed by atoms with Gasteiger partial charge in [-0.25, -0.2) is 0 Å². The highest BCUT2D eigenvalue weighted by atomic mass is 16.7. The first-order chi connectivity index (χ1) is 13.4. The van der Waals surface area contributed by atoms with Gasteiger partial charge in [0, 0.05) is 6.42 Å². The molecule has 4 unspecified atom stereocenters. The van der Waals surface area contributed by atoms with Gasteiger partial charge >= 0.3 is 0 Å². The summed E-state index contributed by atoms with van der Waals surface area (Å²) in [5.41, 5.74) is -0.924. The van der Waals surface area contributed by atoms with Gasteiger partial charge in [0.05, 0.1) is 24.1 Å². The second-order valence-electron chi connectivity index (χ2n) is 8.20. The van der Waals surface area contributed by atoms with Crippen molar-refractivity contribution in [3.05, 3.63) is 34.9 Å². The quantitative estimate of drug-likeness (QED) is 0.791. The Morgan fingerprint density at radius 3 is 2.50 bits per heavy atom. The number of rotatable bonds is 1. The molecule has 6 heteroatoms. The van der Waals surface area contributed by atoms with Crippen LogP contribution in [0, 0.1) is 70.0 Å². The van der Waals surface area contributed by atoms with Gasteiger partial charge in [-0.15, -0.1) is 0 Å². The topological polar surface area (TPSA) is 114 Å². The number of hydrogen-bond acceptors (Lipinski definition) is 6. The first kappa shape index (κ1) is 18.5. The van der Waals surface area contributed by atoms with Crippen LogP contribution in [0.1, 0.15) is 54.9 Å². The fourth-order valence-electron chi connectivity index (χ4n) is 5.36. The first-order valence-electron chi connectivity index (χ1n) is 9.67. The largest absolute Gasteiger partial charge is 0.447 e. The molecule has 2 saturated heterocycles. The molecule has 6 nitrogen and oxygen atoms in total. The Morgan fingerprint density at radius 1 is 1.07 bits per heavy atom. The lowest BCUT2D eigenvalue weighted by atomic mass is 9.52. The minimum atomic E-state index is -1.85. The summed E-state index contributed by atoms with van der Waals surface area (Å²) in [7, 11) is 0. The molecule has 2 bridgehead atoms. The van der Waals surface area contributed by atoms with E-state index in [1.54, 1.807) is 0 Å². The predicted octanol–water partition coefficient (Wildman–Crippen LogP) is 4.20. The van der Waals surface area contributed by atoms with Crippen molar-refractivity contribution in [3.63, 3.8) is 0 Å². The van der Waals surface area contributed by atoms with Gasteiger partial charge in [-0.05, 0) is 37.8 Å². The normalized spacial score (nSPS) is 35.5. The van der Waals surface area contributed by atoms with Crippen molar-refractivity contribution in [2.75, 3.05) is 0 Å². The molecule has 3 aliphatic rings. The van der Waals surface area contributed by atoms with Gasteiger partial charge < -0.3 is 9.47 Å². The molecular weight excluding hydrogens is 352 g/mol. The van der Waals surface area contributed by atoms with Crippen LogP contribution in [0.3, 0.4) is 0 Å². The number of nitrogens with one attached hydrogen (secondary N) is 1. The molecule has 0 spiro atoms. The summed E-state index contributed by atoms with van der Waals surface area (Å²) in [5, 5.41) is 39.4. The zero-order valence-corrected chi connectivity index (χ0v) is 16.1. The van der Waals surface area contributed by atoms with Crippen LogP contribution in [0.25, 0.3) is 0 Å². The van der Waals surface area contributed by atoms with Crippen LogP contribution in [0.15, 0.2) is 18.2 Å². The molecule has 0 radical (unpaired) electrons. The Morgan fingerprint density at radius 2 is 1.82 bits per heavy atom. The molecule has 2 aliphatic heterocycles. The van der Waals surface area contributed by atoms with Crippen LogP contribution in [-0.2, 0) is 9.47 Å². The van der Waals surface area contributed by atoms with Crippen molar-refractivity contribution in [2.45, 2.75) is 57.8 Å². The lowest BCUT2D eigenvalue weighted by Crippen LogP contribution is -2.59. The van der Waals surface area contributed by atoms with E-state index >= 15 is 0 Å². The predicted molar refractivity (Wildman–Crippen MR) is 99.6 cm³/mol. The summed E-state index contributed by atoms with van der Waals surface area (Å²) in [6, 6.07) is 12.3. The van der Waals surface area contributed by atoms with E-state index in [1.165, 1.54) is 0 Å². The molecule has 4 rings (SSSR count). The second-order valence-corrected chi connectivity index (χ2v) is 8.20. The zero-order valence-electron chi connectivity index (χ0n) is 16.1. The summed E-state index contributed by atoms with van der Waals surface area (Å²) in [4.78, 5) is 0. The maximum atomic E-state index is 10.3. The summed E-state index contributed by atoms with van der Waals surface area (Å²) in [5.74, 6) is -1.92. The molecule has 142 valence electrons. The summed E-state index contributed by atoms with van der Waals surface area (Å²) >= 11 is 0. The van der Waals surface area contributed by atoms with E-state index in [0.717, 1.165) is 30.4 Å². The molecule has 2 heterocycles. The monoisotopic (exact) mass is 374 g/mol. The summed E-state index contributed by atoms with van der Waals surface area (Å²) in [6.45, 7) is 3.84. The third-order valence-electron chi connectivity index (χ3n) is 6.78. The average Bonchev–Trinajstić information content (AvgIpc) is 2.82. The summed E-state index contributed by atoms with van der Waals surface area (Å²) < 4.78 is 12.5. The van der Waals surface area contributed by atoms with Crippen LogP contribution >= 0.6 is 0 Å². The van der Waals surface area contributed by atoms with Crippen LogP contribution < -0.4 is 0 Å². The number of hydrogen-bond donors (Lipinski definition) is 1. The first-order valence-corrected chi connectivity index (χ1v) is 9.67. The molecule has 0 aromatic heterocycles. The number of nitriles is 3. The van der Waals surface area contributed by atoms with Crippen molar-refractivity contribution in [1.29, 1.82) is 21.2 Å². The molecule has 0 amide bonds. The van der Waals surface area contributed by atoms with Gasteiger partial charge in [-0.3, -0.25) is 5.41 Å². The molecular formula is C22H22N4O2. The fraction of sp³-hybridized carbons (Fsp3) is 0.545.